The number of fused-ring (bicyclic) bond motifs is 1. The fraction of sp³-hybridized carbons (Fsp3) is 0.438. The van der Waals surface area contributed by atoms with Gasteiger partial charge in [0.25, 0.3) is 5.91 Å². The van der Waals surface area contributed by atoms with E-state index in [4.69, 9.17) is 10.5 Å². The van der Waals surface area contributed by atoms with E-state index in [1.54, 1.807) is 0 Å². The minimum absolute atomic E-state index is 0.0734. The molecule has 0 atom stereocenters. The topological polar surface area (TPSA) is 64.4 Å². The van der Waals surface area contributed by atoms with Crippen LogP contribution in [-0.2, 0) is 4.74 Å². The summed E-state index contributed by atoms with van der Waals surface area (Å²) in [7, 11) is 0. The number of amides is 1. The Morgan fingerprint density at radius 2 is 2.10 bits per heavy atom. The molecule has 3 rings (SSSR count). The lowest BCUT2D eigenvalue weighted by atomic mass is 9.92. The number of nitrogens with two attached hydrogens (primary N) is 1. The van der Waals surface area contributed by atoms with Gasteiger partial charge in [-0.25, -0.2) is 0 Å². The highest BCUT2D eigenvalue weighted by Crippen LogP contribution is 2.34. The van der Waals surface area contributed by atoms with Gasteiger partial charge in [0.1, 0.15) is 4.88 Å². The maximum absolute atomic E-state index is 12.6. The summed E-state index contributed by atoms with van der Waals surface area (Å²) >= 11 is 1.47. The van der Waals surface area contributed by atoms with Crippen molar-refractivity contribution in [3.05, 3.63) is 28.6 Å². The van der Waals surface area contributed by atoms with Gasteiger partial charge in [0.15, 0.2) is 0 Å². The summed E-state index contributed by atoms with van der Waals surface area (Å²) in [6, 6.07) is 6.08. The predicted molar refractivity (Wildman–Crippen MR) is 86.9 cm³/mol. The summed E-state index contributed by atoms with van der Waals surface area (Å²) in [5, 5.41) is 4.11. The molecule has 1 fully saturated rings. The molecule has 4 nitrogen and oxygen atoms in total. The van der Waals surface area contributed by atoms with Gasteiger partial charge in [0, 0.05) is 28.8 Å². The van der Waals surface area contributed by atoms with E-state index in [-0.39, 0.29) is 11.4 Å². The van der Waals surface area contributed by atoms with Gasteiger partial charge in [-0.1, -0.05) is 12.1 Å². The average Bonchev–Trinajstić information content (AvgIpc) is 2.76. The van der Waals surface area contributed by atoms with Crippen LogP contribution >= 0.6 is 11.3 Å². The van der Waals surface area contributed by atoms with E-state index in [1.165, 1.54) is 16.9 Å². The van der Waals surface area contributed by atoms with Crippen LogP contribution in [-0.4, -0.2) is 24.7 Å². The van der Waals surface area contributed by atoms with Gasteiger partial charge >= 0.3 is 0 Å². The van der Waals surface area contributed by atoms with Crippen molar-refractivity contribution in [2.45, 2.75) is 32.2 Å². The van der Waals surface area contributed by atoms with E-state index in [1.807, 2.05) is 19.1 Å². The largest absolute Gasteiger partial charge is 0.397 e. The Morgan fingerprint density at radius 3 is 2.81 bits per heavy atom. The molecule has 1 aliphatic rings. The Morgan fingerprint density at radius 1 is 1.38 bits per heavy atom. The standard InChI is InChI=1S/C16H20N2O2S/c1-10-3-4-11-12(9-10)21-14(13(11)17)15(19)18-16(2)5-7-20-8-6-16/h3-4,9H,5-8,17H2,1-2H3,(H,18,19). The Bertz CT molecular complexity index is 687. The maximum Gasteiger partial charge on any atom is 0.263 e. The predicted octanol–water partition coefficient (Wildman–Crippen LogP) is 3.09. The van der Waals surface area contributed by atoms with Gasteiger partial charge in [-0.2, -0.15) is 0 Å². The second kappa shape index (κ2) is 5.31. The van der Waals surface area contributed by atoms with Gasteiger partial charge < -0.3 is 15.8 Å². The van der Waals surface area contributed by atoms with Crippen LogP contribution in [0.25, 0.3) is 10.1 Å². The summed E-state index contributed by atoms with van der Waals surface area (Å²) in [6.45, 7) is 5.50. The molecule has 2 aromatic rings. The highest BCUT2D eigenvalue weighted by molar-refractivity contribution is 7.21. The van der Waals surface area contributed by atoms with Crippen LogP contribution in [0.1, 0.15) is 35.0 Å². The molecule has 0 spiro atoms. The van der Waals surface area contributed by atoms with Crippen LogP contribution in [0, 0.1) is 6.92 Å². The molecule has 0 aliphatic carbocycles. The lowest BCUT2D eigenvalue weighted by Gasteiger charge is -2.34. The van der Waals surface area contributed by atoms with Crippen molar-refractivity contribution in [1.82, 2.24) is 5.32 Å². The van der Waals surface area contributed by atoms with Crippen molar-refractivity contribution in [1.29, 1.82) is 0 Å². The van der Waals surface area contributed by atoms with Crippen molar-refractivity contribution >= 4 is 33.0 Å². The lowest BCUT2D eigenvalue weighted by Crippen LogP contribution is -2.49. The van der Waals surface area contributed by atoms with Crippen LogP contribution in [0.5, 0.6) is 0 Å². The number of ether oxygens (including phenoxy) is 1. The molecule has 112 valence electrons. The summed E-state index contributed by atoms with van der Waals surface area (Å²) in [6.07, 6.45) is 1.67. The molecular formula is C16H20N2O2S. The zero-order valence-corrected chi connectivity index (χ0v) is 13.2. The van der Waals surface area contributed by atoms with Crippen molar-refractivity contribution in [2.75, 3.05) is 18.9 Å². The molecule has 1 aromatic carbocycles. The third-order valence-corrected chi connectivity index (χ3v) is 5.27. The molecular weight excluding hydrogens is 284 g/mol. The fourth-order valence-corrected chi connectivity index (χ4v) is 3.79. The van der Waals surface area contributed by atoms with E-state index in [9.17, 15) is 4.79 Å². The van der Waals surface area contributed by atoms with Crippen LogP contribution in [0.2, 0.25) is 0 Å². The van der Waals surface area contributed by atoms with Crippen molar-refractivity contribution in [2.24, 2.45) is 0 Å². The smallest absolute Gasteiger partial charge is 0.263 e. The summed E-state index contributed by atoms with van der Waals surface area (Å²) in [5.41, 5.74) is 7.72. The van der Waals surface area contributed by atoms with Gasteiger partial charge in [-0.05, 0) is 38.3 Å². The number of nitrogens with one attached hydrogen (secondary N) is 1. The number of carbonyl (C=O) groups is 1. The first-order chi connectivity index (χ1) is 9.98. The quantitative estimate of drug-likeness (QED) is 0.896. The zero-order chi connectivity index (χ0) is 15.0. The van der Waals surface area contributed by atoms with Crippen LogP contribution in [0.4, 0.5) is 5.69 Å². The van der Waals surface area contributed by atoms with Gasteiger partial charge in [-0.15, -0.1) is 11.3 Å². The third-order valence-electron chi connectivity index (χ3n) is 4.10. The van der Waals surface area contributed by atoms with Crippen LogP contribution < -0.4 is 11.1 Å². The number of nitrogen functional groups attached to an aromatic ring is 1. The number of hydrogen-bond donors (Lipinski definition) is 2. The van der Waals surface area contributed by atoms with E-state index < -0.39 is 0 Å². The molecule has 0 bridgehead atoms. The summed E-state index contributed by atoms with van der Waals surface area (Å²) in [4.78, 5) is 13.2. The van der Waals surface area contributed by atoms with Gasteiger partial charge in [0.05, 0.1) is 5.69 Å². The molecule has 0 radical (unpaired) electrons. The Hall–Kier alpha value is -1.59. The molecule has 1 aromatic heterocycles. The third kappa shape index (κ3) is 2.76. The molecule has 0 saturated carbocycles. The molecule has 2 heterocycles. The molecule has 1 saturated heterocycles. The van der Waals surface area contributed by atoms with Gasteiger partial charge in [0.2, 0.25) is 0 Å². The SMILES string of the molecule is Cc1ccc2c(N)c(C(=O)NC3(C)CCOCC3)sc2c1. The van der Waals surface area contributed by atoms with Crippen molar-refractivity contribution < 1.29 is 9.53 Å². The molecule has 21 heavy (non-hydrogen) atoms. The Kier molecular flexibility index (Phi) is 3.63. The van der Waals surface area contributed by atoms with E-state index in [2.05, 4.69) is 18.3 Å². The maximum atomic E-state index is 12.6. The number of hydrogen-bond acceptors (Lipinski definition) is 4. The fourth-order valence-electron chi connectivity index (χ4n) is 2.67. The number of carbonyl (C=O) groups excluding carboxylic acids is 1. The van der Waals surface area contributed by atoms with Crippen molar-refractivity contribution in [3.8, 4) is 0 Å². The van der Waals surface area contributed by atoms with E-state index in [0.717, 1.165) is 22.9 Å². The van der Waals surface area contributed by atoms with E-state index in [0.29, 0.717) is 23.8 Å². The van der Waals surface area contributed by atoms with E-state index >= 15 is 0 Å². The lowest BCUT2D eigenvalue weighted by molar-refractivity contribution is 0.0424. The summed E-state index contributed by atoms with van der Waals surface area (Å²) in [5.74, 6) is -0.0734. The zero-order valence-electron chi connectivity index (χ0n) is 12.4. The molecule has 5 heteroatoms. The average molecular weight is 304 g/mol. The number of aryl methyl sites for hydroxylation is 1. The number of thiophene rings is 1. The normalized spacial score (nSPS) is 17.8. The Labute approximate surface area is 128 Å². The number of anilines is 1. The highest BCUT2D eigenvalue weighted by atomic mass is 32.1. The first-order valence-electron chi connectivity index (χ1n) is 7.17. The molecule has 3 N–H and O–H groups in total. The first kappa shape index (κ1) is 14.4. The number of rotatable bonds is 2. The van der Waals surface area contributed by atoms with Crippen molar-refractivity contribution in [3.63, 3.8) is 0 Å². The molecule has 1 aliphatic heterocycles. The summed E-state index contributed by atoms with van der Waals surface area (Å²) < 4.78 is 6.43. The minimum Gasteiger partial charge on any atom is -0.397 e. The second-order valence-corrected chi connectivity index (χ2v) is 7.02. The second-order valence-electron chi connectivity index (χ2n) is 5.97. The van der Waals surface area contributed by atoms with Gasteiger partial charge in [-0.3, -0.25) is 4.79 Å². The minimum atomic E-state index is -0.201. The first-order valence-corrected chi connectivity index (χ1v) is 7.99. The highest BCUT2D eigenvalue weighted by Gasteiger charge is 2.30. The van der Waals surface area contributed by atoms with Crippen LogP contribution in [0.15, 0.2) is 18.2 Å². The Balaban J connectivity index is 1.89. The molecule has 1 amide bonds. The monoisotopic (exact) mass is 304 g/mol. The number of benzene rings is 1. The van der Waals surface area contributed by atoms with Crippen LogP contribution in [0.3, 0.4) is 0 Å². The molecule has 0 unspecified atom stereocenters.